The molecule has 16 heavy (non-hydrogen) atoms. The molecule has 1 heterocycles. The molecule has 1 unspecified atom stereocenters. The van der Waals surface area contributed by atoms with E-state index < -0.39 is 11.4 Å². The molecule has 0 radical (unpaired) electrons. The molecule has 1 saturated heterocycles. The fourth-order valence-corrected chi connectivity index (χ4v) is 2.92. The quantitative estimate of drug-likeness (QED) is 0.699. The average Bonchev–Trinajstić information content (AvgIpc) is 2.69. The van der Waals surface area contributed by atoms with Crippen molar-refractivity contribution >= 4 is 17.7 Å². The van der Waals surface area contributed by atoms with Crippen LogP contribution in [0.15, 0.2) is 0 Å². The second-order valence-electron chi connectivity index (χ2n) is 4.52. The van der Waals surface area contributed by atoms with Crippen LogP contribution < -0.4 is 0 Å². The smallest absolute Gasteiger partial charge is 0.310 e. The summed E-state index contributed by atoms with van der Waals surface area (Å²) in [5, 5.41) is 9.26. The summed E-state index contributed by atoms with van der Waals surface area (Å²) >= 11 is 1.96. The van der Waals surface area contributed by atoms with E-state index in [0.29, 0.717) is 0 Å². The first-order valence-electron chi connectivity index (χ1n) is 6.18. The number of nitrogens with zero attached hydrogens (tertiary/aromatic N) is 1. The number of thioether (sulfide) groups is 1. The number of hydrogen-bond donors (Lipinski definition) is 1. The van der Waals surface area contributed by atoms with Gasteiger partial charge in [0, 0.05) is 6.54 Å². The van der Waals surface area contributed by atoms with Crippen molar-refractivity contribution in [2.75, 3.05) is 31.1 Å². The second kappa shape index (κ2) is 6.50. The number of carboxylic acids is 1. The molecule has 94 valence electrons. The Balaban J connectivity index is 2.31. The van der Waals surface area contributed by atoms with Gasteiger partial charge in [0.25, 0.3) is 0 Å². The fourth-order valence-electron chi connectivity index (χ4n) is 2.30. The summed E-state index contributed by atoms with van der Waals surface area (Å²) in [7, 11) is 0. The monoisotopic (exact) mass is 245 g/mol. The van der Waals surface area contributed by atoms with Crippen molar-refractivity contribution in [1.29, 1.82) is 0 Å². The molecule has 1 fully saturated rings. The van der Waals surface area contributed by atoms with Gasteiger partial charge in [0.15, 0.2) is 0 Å². The summed E-state index contributed by atoms with van der Waals surface area (Å²) in [6.45, 7) is 6.92. The van der Waals surface area contributed by atoms with Crippen molar-refractivity contribution in [2.24, 2.45) is 5.41 Å². The summed E-state index contributed by atoms with van der Waals surface area (Å²) in [6.07, 6.45) is 2.75. The number of likely N-dealkylation sites (tertiary alicyclic amines) is 1. The molecule has 1 aliphatic heterocycles. The molecule has 3 nitrogen and oxygen atoms in total. The lowest BCUT2D eigenvalue weighted by atomic mass is 9.84. The van der Waals surface area contributed by atoms with E-state index in [1.807, 2.05) is 18.7 Å². The van der Waals surface area contributed by atoms with Gasteiger partial charge in [-0.05, 0) is 43.9 Å². The highest BCUT2D eigenvalue weighted by Gasteiger charge is 2.42. The van der Waals surface area contributed by atoms with Crippen LogP contribution in [-0.2, 0) is 4.79 Å². The third-order valence-electron chi connectivity index (χ3n) is 3.53. The lowest BCUT2D eigenvalue weighted by Crippen LogP contribution is -2.34. The van der Waals surface area contributed by atoms with Gasteiger partial charge in [0.1, 0.15) is 0 Å². The molecule has 0 spiro atoms. The minimum absolute atomic E-state index is 0.460. The summed E-state index contributed by atoms with van der Waals surface area (Å²) in [5.74, 6) is 1.76. The first-order valence-corrected chi connectivity index (χ1v) is 7.33. The first-order chi connectivity index (χ1) is 7.64. The van der Waals surface area contributed by atoms with Gasteiger partial charge >= 0.3 is 5.97 Å². The van der Waals surface area contributed by atoms with Gasteiger partial charge in [-0.1, -0.05) is 13.8 Å². The summed E-state index contributed by atoms with van der Waals surface area (Å²) in [4.78, 5) is 13.6. The Morgan fingerprint density at radius 1 is 1.50 bits per heavy atom. The van der Waals surface area contributed by atoms with E-state index in [2.05, 4.69) is 11.8 Å². The molecular weight excluding hydrogens is 222 g/mol. The highest BCUT2D eigenvalue weighted by atomic mass is 32.2. The van der Waals surface area contributed by atoms with Crippen LogP contribution in [0.3, 0.4) is 0 Å². The molecule has 0 aromatic heterocycles. The van der Waals surface area contributed by atoms with Crippen LogP contribution in [0.5, 0.6) is 0 Å². The topological polar surface area (TPSA) is 40.5 Å². The zero-order valence-electron chi connectivity index (χ0n) is 10.4. The molecule has 0 bridgehead atoms. The van der Waals surface area contributed by atoms with Gasteiger partial charge < -0.3 is 10.0 Å². The predicted octanol–water partition coefficient (Wildman–Crippen LogP) is 2.32. The maximum atomic E-state index is 11.2. The molecule has 0 aromatic rings. The van der Waals surface area contributed by atoms with E-state index in [0.717, 1.165) is 32.5 Å². The third kappa shape index (κ3) is 3.39. The molecule has 1 aliphatic rings. The standard InChI is InChI=1S/C12H23NO2S/c1-3-12(11(14)15)6-8-13(10-12)7-5-9-16-4-2/h3-10H2,1-2H3,(H,14,15). The zero-order chi connectivity index (χ0) is 12.0. The largest absolute Gasteiger partial charge is 0.481 e. The molecule has 4 heteroatoms. The average molecular weight is 245 g/mol. The van der Waals surface area contributed by atoms with Crippen molar-refractivity contribution in [3.05, 3.63) is 0 Å². The summed E-state index contributed by atoms with van der Waals surface area (Å²) < 4.78 is 0. The van der Waals surface area contributed by atoms with Gasteiger partial charge in [0.2, 0.25) is 0 Å². The van der Waals surface area contributed by atoms with Gasteiger partial charge in [-0.25, -0.2) is 0 Å². The molecule has 0 saturated carbocycles. The summed E-state index contributed by atoms with van der Waals surface area (Å²) in [6, 6.07) is 0. The highest BCUT2D eigenvalue weighted by molar-refractivity contribution is 7.99. The number of rotatable bonds is 7. The zero-order valence-corrected chi connectivity index (χ0v) is 11.2. The molecule has 1 N–H and O–H groups in total. The van der Waals surface area contributed by atoms with E-state index in [4.69, 9.17) is 0 Å². The van der Waals surface area contributed by atoms with Gasteiger partial charge in [0.05, 0.1) is 5.41 Å². The first kappa shape index (κ1) is 13.8. The number of aliphatic carboxylic acids is 1. The lowest BCUT2D eigenvalue weighted by molar-refractivity contribution is -0.148. The highest BCUT2D eigenvalue weighted by Crippen LogP contribution is 2.34. The van der Waals surface area contributed by atoms with E-state index in [9.17, 15) is 9.90 Å². The van der Waals surface area contributed by atoms with E-state index in [-0.39, 0.29) is 0 Å². The van der Waals surface area contributed by atoms with Crippen LogP contribution in [-0.4, -0.2) is 47.1 Å². The van der Waals surface area contributed by atoms with E-state index >= 15 is 0 Å². The van der Waals surface area contributed by atoms with Crippen molar-refractivity contribution in [3.8, 4) is 0 Å². The summed E-state index contributed by atoms with van der Waals surface area (Å²) in [5.41, 5.74) is -0.460. The predicted molar refractivity (Wildman–Crippen MR) is 69.0 cm³/mol. The van der Waals surface area contributed by atoms with E-state index in [1.165, 1.54) is 17.9 Å². The van der Waals surface area contributed by atoms with Gasteiger partial charge in [-0.2, -0.15) is 11.8 Å². The minimum atomic E-state index is -0.611. The van der Waals surface area contributed by atoms with Crippen LogP contribution >= 0.6 is 11.8 Å². The Morgan fingerprint density at radius 2 is 2.25 bits per heavy atom. The minimum Gasteiger partial charge on any atom is -0.481 e. The lowest BCUT2D eigenvalue weighted by Gasteiger charge is -2.23. The van der Waals surface area contributed by atoms with E-state index in [1.54, 1.807) is 0 Å². The van der Waals surface area contributed by atoms with Gasteiger partial charge in [-0.15, -0.1) is 0 Å². The van der Waals surface area contributed by atoms with Crippen molar-refractivity contribution in [2.45, 2.75) is 33.1 Å². The fraction of sp³-hybridized carbons (Fsp3) is 0.917. The Hall–Kier alpha value is -0.220. The molecule has 1 atom stereocenters. The Labute approximate surface area is 103 Å². The second-order valence-corrected chi connectivity index (χ2v) is 5.91. The van der Waals surface area contributed by atoms with Crippen LogP contribution in [0.25, 0.3) is 0 Å². The van der Waals surface area contributed by atoms with Crippen molar-refractivity contribution in [1.82, 2.24) is 4.90 Å². The molecular formula is C12H23NO2S. The Kier molecular flexibility index (Phi) is 5.62. The molecule has 0 amide bonds. The Bertz CT molecular complexity index is 235. The van der Waals surface area contributed by atoms with Crippen LogP contribution in [0.2, 0.25) is 0 Å². The van der Waals surface area contributed by atoms with Crippen LogP contribution in [0.1, 0.15) is 33.1 Å². The molecule has 0 aromatic carbocycles. The number of hydrogen-bond acceptors (Lipinski definition) is 3. The molecule has 1 rings (SSSR count). The third-order valence-corrected chi connectivity index (χ3v) is 4.52. The molecule has 0 aliphatic carbocycles. The SMILES string of the molecule is CCSCCCN1CCC(CC)(C(=O)O)C1. The van der Waals surface area contributed by atoms with Gasteiger partial charge in [-0.3, -0.25) is 4.79 Å². The maximum absolute atomic E-state index is 11.2. The van der Waals surface area contributed by atoms with Crippen LogP contribution in [0.4, 0.5) is 0 Å². The normalized spacial score (nSPS) is 26.1. The number of carbonyl (C=O) groups is 1. The Morgan fingerprint density at radius 3 is 2.75 bits per heavy atom. The maximum Gasteiger partial charge on any atom is 0.310 e. The van der Waals surface area contributed by atoms with Crippen molar-refractivity contribution in [3.63, 3.8) is 0 Å². The number of carboxylic acid groups (broad SMARTS) is 1. The van der Waals surface area contributed by atoms with Crippen LogP contribution in [0, 0.1) is 5.41 Å². The van der Waals surface area contributed by atoms with Crippen molar-refractivity contribution < 1.29 is 9.90 Å².